The normalized spacial score (nSPS) is 16.9. The lowest BCUT2D eigenvalue weighted by Crippen LogP contribution is -2.39. The van der Waals surface area contributed by atoms with Gasteiger partial charge >= 0.3 is 6.03 Å². The van der Waals surface area contributed by atoms with E-state index in [0.717, 1.165) is 16.6 Å². The number of carbonyl (C=O) groups is 1. The second-order valence-electron chi connectivity index (χ2n) is 5.43. The number of halogens is 1. The fourth-order valence-electron chi connectivity index (χ4n) is 2.68. The van der Waals surface area contributed by atoms with Crippen LogP contribution in [0.25, 0.3) is 0 Å². The van der Waals surface area contributed by atoms with Crippen molar-refractivity contribution in [2.75, 3.05) is 24.2 Å². The van der Waals surface area contributed by atoms with E-state index >= 15 is 0 Å². The van der Waals surface area contributed by atoms with Gasteiger partial charge in [0.2, 0.25) is 10.0 Å². The molecule has 1 aliphatic heterocycles. The lowest BCUT2D eigenvalue weighted by Gasteiger charge is -2.29. The summed E-state index contributed by atoms with van der Waals surface area (Å²) in [4.78, 5) is 13.5. The van der Waals surface area contributed by atoms with Crippen LogP contribution < -0.4 is 14.9 Å². The van der Waals surface area contributed by atoms with Crippen molar-refractivity contribution < 1.29 is 17.6 Å². The quantitative estimate of drug-likeness (QED) is 0.831. The van der Waals surface area contributed by atoms with E-state index in [4.69, 9.17) is 0 Å². The first-order valence-corrected chi connectivity index (χ1v) is 9.45. The molecule has 0 aliphatic carbocycles. The molecule has 7 nitrogen and oxygen atoms in total. The summed E-state index contributed by atoms with van der Waals surface area (Å²) >= 11 is 0. The van der Waals surface area contributed by atoms with E-state index in [1.54, 1.807) is 13.1 Å². The number of amides is 2. The predicted molar refractivity (Wildman–Crippen MR) is 94.7 cm³/mol. The average molecular weight is 368 g/mol. The highest BCUT2D eigenvalue weighted by atomic mass is 32.2. The van der Waals surface area contributed by atoms with Gasteiger partial charge in [0, 0.05) is 25.4 Å². The van der Waals surface area contributed by atoms with Crippen molar-refractivity contribution in [3.8, 4) is 0 Å². The highest BCUT2D eigenvalue weighted by Gasteiger charge is 2.32. The molecule has 2 N–H and O–H groups in total. The van der Waals surface area contributed by atoms with Crippen LogP contribution in [0, 0.1) is 5.82 Å². The molecule has 25 heavy (non-hydrogen) atoms. The summed E-state index contributed by atoms with van der Waals surface area (Å²) in [7, 11) is -2.13. The lowest BCUT2D eigenvalue weighted by atomic mass is 10.1. The average Bonchev–Trinajstić information content (AvgIpc) is 2.98. The van der Waals surface area contributed by atoms with E-state index in [1.807, 2.05) is 0 Å². The van der Waals surface area contributed by atoms with Crippen molar-refractivity contribution in [3.05, 3.63) is 54.1 Å². The number of nitrogens with zero attached hydrogens (tertiary/aromatic N) is 2. The highest BCUT2D eigenvalue weighted by Crippen LogP contribution is 2.34. The third kappa shape index (κ3) is 3.76. The Labute approximate surface area is 146 Å². The number of nitrogens with one attached hydrogen (secondary N) is 2. The molecule has 136 valence electrons. The van der Waals surface area contributed by atoms with Gasteiger partial charge in [0.1, 0.15) is 12.0 Å². The van der Waals surface area contributed by atoms with E-state index in [0.29, 0.717) is 11.3 Å². The Kier molecular flexibility index (Phi) is 5.36. The molecule has 0 bridgehead atoms. The maximum absolute atomic E-state index is 13.8. The van der Waals surface area contributed by atoms with Crippen LogP contribution >= 0.6 is 0 Å². The van der Waals surface area contributed by atoms with Gasteiger partial charge in [0.15, 0.2) is 0 Å². The zero-order valence-corrected chi connectivity index (χ0v) is 15.1. The number of hydrogen-bond donors (Lipinski definition) is 2. The van der Waals surface area contributed by atoms with Crippen LogP contribution in [0.2, 0.25) is 0 Å². The topological polar surface area (TPSA) is 81.8 Å². The Morgan fingerprint density at radius 1 is 1.52 bits per heavy atom. The van der Waals surface area contributed by atoms with Crippen molar-refractivity contribution in [2.45, 2.75) is 13.1 Å². The van der Waals surface area contributed by atoms with Crippen molar-refractivity contribution in [3.63, 3.8) is 0 Å². The zero-order valence-electron chi connectivity index (χ0n) is 14.3. The van der Waals surface area contributed by atoms with Gasteiger partial charge in [-0.1, -0.05) is 12.6 Å². The molecule has 1 aromatic rings. The molecule has 0 saturated carbocycles. The Bertz CT molecular complexity index is 823. The maximum atomic E-state index is 13.8. The standard InChI is InChI=1S/C16H21FN4O3S/c1-5-12-10-20(16(22)18-3)15(19-12)13-8-7-11(17)9-14(13)21(6-2)25(4,23)24/h5,7-10,15,19H,1,6H2,2-4H3,(H,18,22). The van der Waals surface area contributed by atoms with Crippen LogP contribution in [-0.2, 0) is 10.0 Å². The van der Waals surface area contributed by atoms with Crippen LogP contribution in [-0.4, -0.2) is 39.2 Å². The van der Waals surface area contributed by atoms with Crippen LogP contribution in [0.1, 0.15) is 18.7 Å². The van der Waals surface area contributed by atoms with E-state index in [1.165, 1.54) is 30.2 Å². The third-order valence-electron chi connectivity index (χ3n) is 3.77. The summed E-state index contributed by atoms with van der Waals surface area (Å²) in [6, 6.07) is 3.44. The van der Waals surface area contributed by atoms with E-state index in [9.17, 15) is 17.6 Å². The second-order valence-corrected chi connectivity index (χ2v) is 7.34. The van der Waals surface area contributed by atoms with Crippen LogP contribution in [0.4, 0.5) is 14.9 Å². The van der Waals surface area contributed by atoms with Gasteiger partial charge in [0.25, 0.3) is 0 Å². The van der Waals surface area contributed by atoms with Crippen LogP contribution in [0.5, 0.6) is 0 Å². The fourth-order valence-corrected chi connectivity index (χ4v) is 3.67. The van der Waals surface area contributed by atoms with Gasteiger partial charge in [-0.15, -0.1) is 0 Å². The molecule has 1 unspecified atom stereocenters. The maximum Gasteiger partial charge on any atom is 0.323 e. The Hall–Kier alpha value is -2.55. The summed E-state index contributed by atoms with van der Waals surface area (Å²) in [5.41, 5.74) is 1.21. The highest BCUT2D eigenvalue weighted by molar-refractivity contribution is 7.92. The molecular weight excluding hydrogens is 347 g/mol. The number of hydrogen-bond acceptors (Lipinski definition) is 4. The molecule has 1 atom stereocenters. The smallest absolute Gasteiger partial charge is 0.323 e. The number of sulfonamides is 1. The number of allylic oxidation sites excluding steroid dienone is 1. The van der Waals surface area contributed by atoms with Gasteiger partial charge in [0.05, 0.1) is 17.6 Å². The molecule has 9 heteroatoms. The Balaban J connectivity index is 2.59. The van der Waals surface area contributed by atoms with Gasteiger partial charge in [-0.05, 0) is 25.1 Å². The summed E-state index contributed by atoms with van der Waals surface area (Å²) in [5.74, 6) is -0.567. The summed E-state index contributed by atoms with van der Waals surface area (Å²) < 4.78 is 39.1. The largest absolute Gasteiger partial charge is 0.360 e. The van der Waals surface area contributed by atoms with Crippen LogP contribution in [0.15, 0.2) is 42.8 Å². The Morgan fingerprint density at radius 3 is 2.72 bits per heavy atom. The van der Waals surface area contributed by atoms with Crippen molar-refractivity contribution in [1.82, 2.24) is 15.5 Å². The molecule has 0 aromatic heterocycles. The molecule has 2 amide bonds. The van der Waals surface area contributed by atoms with E-state index < -0.39 is 28.0 Å². The molecule has 2 rings (SSSR count). The van der Waals surface area contributed by atoms with Crippen molar-refractivity contribution in [1.29, 1.82) is 0 Å². The first-order chi connectivity index (χ1) is 11.7. The second kappa shape index (κ2) is 7.14. The molecule has 1 aromatic carbocycles. The Morgan fingerprint density at radius 2 is 2.20 bits per heavy atom. The minimum Gasteiger partial charge on any atom is -0.360 e. The summed E-state index contributed by atoms with van der Waals surface area (Å²) in [5, 5.41) is 5.59. The SMILES string of the molecule is C=CC1=CN(C(=O)NC)C(c2ccc(F)cc2N(CC)S(C)(=O)=O)N1. The van der Waals surface area contributed by atoms with Crippen molar-refractivity contribution in [2.24, 2.45) is 0 Å². The number of benzene rings is 1. The molecule has 0 saturated heterocycles. The van der Waals surface area contributed by atoms with Crippen LogP contribution in [0.3, 0.4) is 0 Å². The van der Waals surface area contributed by atoms with Gasteiger partial charge in [-0.3, -0.25) is 9.21 Å². The monoisotopic (exact) mass is 368 g/mol. The van der Waals surface area contributed by atoms with Gasteiger partial charge < -0.3 is 10.6 Å². The lowest BCUT2D eigenvalue weighted by molar-refractivity contribution is 0.203. The number of anilines is 1. The number of rotatable bonds is 5. The predicted octanol–water partition coefficient (Wildman–Crippen LogP) is 1.88. The van der Waals surface area contributed by atoms with E-state index in [2.05, 4.69) is 17.2 Å². The first-order valence-electron chi connectivity index (χ1n) is 7.61. The molecule has 1 aliphatic rings. The first kappa shape index (κ1) is 18.8. The fraction of sp³-hybridized carbons (Fsp3) is 0.312. The minimum absolute atomic E-state index is 0.129. The molecule has 0 spiro atoms. The number of urea groups is 1. The molecule has 0 fully saturated rings. The molecule has 0 radical (unpaired) electrons. The molecular formula is C16H21FN4O3S. The minimum atomic E-state index is -3.62. The van der Waals surface area contributed by atoms with Gasteiger partial charge in [-0.2, -0.15) is 0 Å². The molecule has 1 heterocycles. The van der Waals surface area contributed by atoms with Gasteiger partial charge in [-0.25, -0.2) is 17.6 Å². The zero-order chi connectivity index (χ0) is 18.8. The van der Waals surface area contributed by atoms with E-state index in [-0.39, 0.29) is 12.2 Å². The summed E-state index contributed by atoms with van der Waals surface area (Å²) in [6.45, 7) is 5.45. The summed E-state index contributed by atoms with van der Waals surface area (Å²) in [6.07, 6.45) is 3.45. The third-order valence-corrected chi connectivity index (χ3v) is 5.03. The van der Waals surface area contributed by atoms with Crippen molar-refractivity contribution >= 4 is 21.7 Å². The number of carbonyl (C=O) groups excluding carboxylic acids is 1.